The number of hydrogen-bond acceptors (Lipinski definition) is 5. The van der Waals surface area contributed by atoms with E-state index in [4.69, 9.17) is 4.74 Å². The van der Waals surface area contributed by atoms with Crippen molar-refractivity contribution in [3.63, 3.8) is 0 Å². The van der Waals surface area contributed by atoms with E-state index in [1.165, 1.54) is 10.5 Å². The van der Waals surface area contributed by atoms with Crippen LogP contribution in [-0.2, 0) is 12.0 Å². The van der Waals surface area contributed by atoms with E-state index in [1.807, 2.05) is 49.4 Å². The average Bonchev–Trinajstić information content (AvgIpc) is 2.93. The molecule has 0 fully saturated rings. The zero-order valence-corrected chi connectivity index (χ0v) is 22.9. The van der Waals surface area contributed by atoms with Gasteiger partial charge in [-0.05, 0) is 77.6 Å². The summed E-state index contributed by atoms with van der Waals surface area (Å²) in [4.78, 5) is 15.1. The van der Waals surface area contributed by atoms with Crippen LogP contribution in [0.15, 0.2) is 106 Å². The molecule has 6 heteroatoms. The number of hydrazone groups is 1. The number of anilines is 2. The molecule has 0 aromatic heterocycles. The predicted molar refractivity (Wildman–Crippen MR) is 156 cm³/mol. The molecule has 1 aliphatic heterocycles. The number of carbonyl (C=O) groups excluding carboxylic acids is 1. The highest BCUT2D eigenvalue weighted by molar-refractivity contribution is 7.99. The van der Waals surface area contributed by atoms with E-state index in [2.05, 4.69) is 73.0 Å². The van der Waals surface area contributed by atoms with Crippen molar-refractivity contribution in [1.29, 1.82) is 0 Å². The van der Waals surface area contributed by atoms with Crippen LogP contribution >= 0.6 is 11.8 Å². The van der Waals surface area contributed by atoms with Gasteiger partial charge in [0.25, 0.3) is 5.91 Å². The molecule has 4 aromatic rings. The summed E-state index contributed by atoms with van der Waals surface area (Å²) in [5.41, 5.74) is 9.40. The van der Waals surface area contributed by atoms with E-state index in [9.17, 15) is 4.79 Å². The number of hydrogen-bond donors (Lipinski definition) is 2. The van der Waals surface area contributed by atoms with E-state index < -0.39 is 0 Å². The summed E-state index contributed by atoms with van der Waals surface area (Å²) in [5.74, 6) is 0.569. The Bertz CT molecular complexity index is 1490. The third kappa shape index (κ3) is 5.92. The highest BCUT2D eigenvalue weighted by Gasteiger charge is 2.16. The highest BCUT2D eigenvalue weighted by atomic mass is 32.2. The molecule has 1 aliphatic rings. The van der Waals surface area contributed by atoms with E-state index in [0.717, 1.165) is 38.9 Å². The van der Waals surface area contributed by atoms with Crippen LogP contribution in [0.2, 0.25) is 0 Å². The number of amides is 1. The Kier molecular flexibility index (Phi) is 7.25. The first-order valence-corrected chi connectivity index (χ1v) is 13.4. The molecule has 0 radical (unpaired) electrons. The third-order valence-corrected chi connectivity index (χ3v) is 7.59. The minimum Gasteiger partial charge on any atom is -0.489 e. The first kappa shape index (κ1) is 25.6. The quantitative estimate of drug-likeness (QED) is 0.176. The molecule has 4 aromatic carbocycles. The van der Waals surface area contributed by atoms with Crippen LogP contribution in [0.3, 0.4) is 0 Å². The molecule has 1 amide bonds. The van der Waals surface area contributed by atoms with E-state index in [0.29, 0.717) is 12.2 Å². The fourth-order valence-electron chi connectivity index (χ4n) is 4.10. The summed E-state index contributed by atoms with van der Waals surface area (Å²) in [6, 6.07) is 30.0. The lowest BCUT2D eigenvalue weighted by Gasteiger charge is -2.21. The molecule has 0 saturated heterocycles. The number of nitrogens with one attached hydrogen (secondary N) is 2. The Morgan fingerprint density at radius 3 is 2.29 bits per heavy atom. The zero-order chi connectivity index (χ0) is 26.7. The smallest absolute Gasteiger partial charge is 0.271 e. The molecule has 0 unspecified atom stereocenters. The summed E-state index contributed by atoms with van der Waals surface area (Å²) in [6.45, 7) is 8.90. The third-order valence-electron chi connectivity index (χ3n) is 6.44. The molecule has 1 heterocycles. The zero-order valence-electron chi connectivity index (χ0n) is 22.0. The molecule has 0 saturated carbocycles. The number of carbonyl (C=O) groups is 1. The number of benzene rings is 4. The molecule has 0 bridgehead atoms. The SMILES string of the molecule is CC(=NNC(=O)c1ccc(COc2ccc(C(C)(C)C)cc2)cc1)c1ccc2c(c1)Nc1ccccc1S2. The lowest BCUT2D eigenvalue weighted by molar-refractivity contribution is 0.0954. The maximum atomic E-state index is 12.7. The lowest BCUT2D eigenvalue weighted by Crippen LogP contribution is -2.19. The van der Waals surface area contributed by atoms with Crippen LogP contribution in [0.5, 0.6) is 5.75 Å². The van der Waals surface area contributed by atoms with Gasteiger partial charge in [0.2, 0.25) is 0 Å². The van der Waals surface area contributed by atoms with Crippen LogP contribution in [-0.4, -0.2) is 11.6 Å². The van der Waals surface area contributed by atoms with Crippen LogP contribution in [0, 0.1) is 0 Å². The first-order chi connectivity index (χ1) is 18.3. The van der Waals surface area contributed by atoms with Crippen LogP contribution < -0.4 is 15.5 Å². The van der Waals surface area contributed by atoms with Crippen LogP contribution in [0.4, 0.5) is 11.4 Å². The summed E-state index contributed by atoms with van der Waals surface area (Å²) in [7, 11) is 0. The predicted octanol–water partition coefficient (Wildman–Crippen LogP) is 7.93. The van der Waals surface area contributed by atoms with Gasteiger partial charge in [-0.15, -0.1) is 0 Å². The van der Waals surface area contributed by atoms with Crippen molar-refractivity contribution in [2.45, 2.75) is 49.5 Å². The largest absolute Gasteiger partial charge is 0.489 e. The molecule has 0 spiro atoms. The van der Waals surface area contributed by atoms with Gasteiger partial charge in [-0.1, -0.05) is 75.0 Å². The average molecular weight is 522 g/mol. The monoisotopic (exact) mass is 521 g/mol. The topological polar surface area (TPSA) is 62.7 Å². The Balaban J connectivity index is 1.17. The van der Waals surface area contributed by atoms with Gasteiger partial charge < -0.3 is 10.1 Å². The van der Waals surface area contributed by atoms with Gasteiger partial charge in [0.1, 0.15) is 12.4 Å². The van der Waals surface area contributed by atoms with Gasteiger partial charge in [0, 0.05) is 15.4 Å². The maximum absolute atomic E-state index is 12.7. The Hall–Kier alpha value is -4.03. The second kappa shape index (κ2) is 10.8. The number of ether oxygens (including phenoxy) is 1. The van der Waals surface area contributed by atoms with Gasteiger partial charge in [-0.2, -0.15) is 5.10 Å². The number of para-hydroxylation sites is 1. The molecule has 192 valence electrons. The fraction of sp³-hybridized carbons (Fsp3) is 0.188. The van der Waals surface area contributed by atoms with Crippen molar-refractivity contribution in [3.8, 4) is 5.75 Å². The van der Waals surface area contributed by atoms with Gasteiger partial charge >= 0.3 is 0 Å². The Labute approximate surface area is 228 Å². The second-order valence-corrected chi connectivity index (χ2v) is 11.4. The summed E-state index contributed by atoms with van der Waals surface area (Å²) >= 11 is 1.74. The lowest BCUT2D eigenvalue weighted by atomic mass is 9.87. The van der Waals surface area contributed by atoms with Crippen molar-refractivity contribution in [2.75, 3.05) is 5.32 Å². The van der Waals surface area contributed by atoms with Crippen molar-refractivity contribution >= 4 is 34.8 Å². The molecule has 2 N–H and O–H groups in total. The second-order valence-electron chi connectivity index (χ2n) is 10.3. The number of rotatable bonds is 6. The summed E-state index contributed by atoms with van der Waals surface area (Å²) in [5, 5.41) is 7.83. The number of fused-ring (bicyclic) bond motifs is 2. The summed E-state index contributed by atoms with van der Waals surface area (Å²) < 4.78 is 5.92. The van der Waals surface area contributed by atoms with Gasteiger partial charge in [-0.25, -0.2) is 5.43 Å². The Morgan fingerprint density at radius 1 is 0.868 bits per heavy atom. The molecular weight excluding hydrogens is 490 g/mol. The highest BCUT2D eigenvalue weighted by Crippen LogP contribution is 2.44. The molecule has 38 heavy (non-hydrogen) atoms. The van der Waals surface area contributed by atoms with E-state index in [1.54, 1.807) is 23.9 Å². The van der Waals surface area contributed by atoms with Gasteiger partial charge in [0.15, 0.2) is 0 Å². The van der Waals surface area contributed by atoms with Gasteiger partial charge in [-0.3, -0.25) is 4.79 Å². The van der Waals surface area contributed by atoms with Crippen LogP contribution in [0.25, 0.3) is 0 Å². The van der Waals surface area contributed by atoms with Crippen molar-refractivity contribution in [2.24, 2.45) is 5.10 Å². The maximum Gasteiger partial charge on any atom is 0.271 e. The number of nitrogens with zero attached hydrogens (tertiary/aromatic N) is 1. The first-order valence-electron chi connectivity index (χ1n) is 12.6. The standard InChI is InChI=1S/C32H31N3O2S/c1-21(24-13-18-30-28(19-24)33-27-7-5-6-8-29(27)38-30)34-35-31(36)23-11-9-22(10-12-23)20-37-26-16-14-25(15-17-26)32(2,3)4/h5-19,33H,20H2,1-4H3,(H,35,36). The van der Waals surface area contributed by atoms with Crippen molar-refractivity contribution < 1.29 is 9.53 Å². The summed E-state index contributed by atoms with van der Waals surface area (Å²) in [6.07, 6.45) is 0. The molecule has 5 rings (SSSR count). The molecular formula is C32H31N3O2S. The minimum absolute atomic E-state index is 0.112. The minimum atomic E-state index is -0.254. The van der Waals surface area contributed by atoms with Crippen molar-refractivity contribution in [1.82, 2.24) is 5.43 Å². The van der Waals surface area contributed by atoms with Gasteiger partial charge in [0.05, 0.1) is 17.1 Å². The fourth-order valence-corrected chi connectivity index (χ4v) is 5.07. The molecule has 5 nitrogen and oxygen atoms in total. The van der Waals surface area contributed by atoms with Crippen LogP contribution in [0.1, 0.15) is 54.7 Å². The normalized spacial score (nSPS) is 12.7. The Morgan fingerprint density at radius 2 is 1.55 bits per heavy atom. The van der Waals surface area contributed by atoms with E-state index in [-0.39, 0.29) is 11.3 Å². The molecule has 0 aliphatic carbocycles. The molecule has 0 atom stereocenters. The van der Waals surface area contributed by atoms with E-state index >= 15 is 0 Å². The van der Waals surface area contributed by atoms with Crippen molar-refractivity contribution in [3.05, 3.63) is 113 Å².